The molecule has 3 aliphatic rings. The number of fused-ring (bicyclic) bond motifs is 1. The molecule has 1 aliphatic carbocycles. The molecule has 0 radical (unpaired) electrons. The quantitative estimate of drug-likeness (QED) is 0.344. The molecular weight excluding hydrogens is 588 g/mol. The van der Waals surface area contributed by atoms with Crippen molar-refractivity contribution in [2.24, 2.45) is 0 Å². The molecule has 3 amide bonds. The topological polar surface area (TPSA) is 126 Å². The molecule has 1 N–H and O–H groups in total. The minimum absolute atomic E-state index is 0.0141. The molecule has 6 rings (SSSR count). The van der Waals surface area contributed by atoms with Crippen LogP contribution >= 0.6 is 11.8 Å². The van der Waals surface area contributed by atoms with E-state index in [1.165, 1.54) is 11.1 Å². The first-order chi connectivity index (χ1) is 21.8. The van der Waals surface area contributed by atoms with Crippen molar-refractivity contribution in [1.82, 2.24) is 19.8 Å². The molecule has 4 heterocycles. The van der Waals surface area contributed by atoms with Gasteiger partial charge < -0.3 is 9.80 Å². The molecule has 2 aliphatic heterocycles. The molecule has 1 saturated carbocycles. The van der Waals surface area contributed by atoms with Crippen molar-refractivity contribution in [3.05, 3.63) is 71.0 Å². The van der Waals surface area contributed by atoms with E-state index < -0.39 is 6.03 Å². The number of carbonyl (C=O) groups is 3. The molecule has 232 valence electrons. The molecule has 12 heteroatoms. The van der Waals surface area contributed by atoms with Crippen LogP contribution in [0.15, 0.2) is 48.7 Å². The van der Waals surface area contributed by atoms with Gasteiger partial charge in [-0.05, 0) is 62.7 Å². The molecular formula is C33H36N8O3S. The number of anilines is 4. The summed E-state index contributed by atoms with van der Waals surface area (Å²) in [7, 11) is 1.91. The molecule has 11 nitrogen and oxygen atoms in total. The highest BCUT2D eigenvalue weighted by Crippen LogP contribution is 2.49. The minimum atomic E-state index is -0.417. The Morgan fingerprint density at radius 3 is 2.69 bits per heavy atom. The Bertz CT molecular complexity index is 1660. The first-order valence-corrected chi connectivity index (χ1v) is 16.4. The summed E-state index contributed by atoms with van der Waals surface area (Å²) in [6.45, 7) is 3.15. The number of likely N-dealkylation sites (N-methyl/N-ethyl adjacent to an activating group) is 1. The van der Waals surface area contributed by atoms with E-state index in [2.05, 4.69) is 32.5 Å². The van der Waals surface area contributed by atoms with Gasteiger partial charge in [-0.2, -0.15) is 17.0 Å². The molecule has 1 saturated heterocycles. The Balaban J connectivity index is 1.26. The van der Waals surface area contributed by atoms with Crippen LogP contribution in [0.4, 0.5) is 27.8 Å². The Morgan fingerprint density at radius 1 is 1.20 bits per heavy atom. The number of rotatable bonds is 9. The van der Waals surface area contributed by atoms with Crippen LogP contribution < -0.4 is 15.1 Å². The van der Waals surface area contributed by atoms with Gasteiger partial charge in [-0.1, -0.05) is 18.2 Å². The van der Waals surface area contributed by atoms with Gasteiger partial charge in [0.15, 0.2) is 6.29 Å². The second kappa shape index (κ2) is 12.9. The Labute approximate surface area is 267 Å². The van der Waals surface area contributed by atoms with E-state index in [1.807, 2.05) is 60.1 Å². The van der Waals surface area contributed by atoms with E-state index in [9.17, 15) is 19.6 Å². The van der Waals surface area contributed by atoms with Crippen LogP contribution in [0.25, 0.3) is 0 Å². The fourth-order valence-corrected chi connectivity index (χ4v) is 6.73. The van der Waals surface area contributed by atoms with Crippen molar-refractivity contribution in [3.8, 4) is 6.07 Å². The predicted octanol–water partition coefficient (Wildman–Crippen LogP) is 4.45. The third-order valence-electron chi connectivity index (χ3n) is 8.79. The smallest absolute Gasteiger partial charge is 0.328 e. The summed E-state index contributed by atoms with van der Waals surface area (Å²) in [4.78, 5) is 54.8. The second-order valence-corrected chi connectivity index (χ2v) is 13.2. The Kier molecular flexibility index (Phi) is 8.74. The number of pyridine rings is 2. The number of hydrogen-bond donors (Lipinski definition) is 1. The maximum Gasteiger partial charge on any atom is 0.328 e. The fraction of sp³-hybridized carbons (Fsp3) is 0.394. The third kappa shape index (κ3) is 6.50. The zero-order valence-electron chi connectivity index (χ0n) is 25.5. The normalized spacial score (nSPS) is 17.3. The largest absolute Gasteiger partial charge is 0.339 e. The lowest BCUT2D eigenvalue weighted by atomic mass is 10.0. The lowest BCUT2D eigenvalue weighted by molar-refractivity contribution is -0.136. The highest BCUT2D eigenvalue weighted by Gasteiger charge is 2.44. The van der Waals surface area contributed by atoms with Crippen LogP contribution in [0.2, 0.25) is 0 Å². The minimum Gasteiger partial charge on any atom is -0.339 e. The molecule has 0 unspecified atom stereocenters. The van der Waals surface area contributed by atoms with Gasteiger partial charge in [0.1, 0.15) is 23.4 Å². The first kappa shape index (κ1) is 30.6. The molecule has 0 spiro atoms. The van der Waals surface area contributed by atoms with Crippen LogP contribution in [-0.4, -0.2) is 88.8 Å². The standard InChI is InChI=1S/C33H36N8O3S/c1-38-13-14-39(30(43)20-38)19-24-15-23-7-6-12-40(31(23)36-27(24)21-42)32(44)37-29-16-28(25(17-34)18-35-29)41(22-33(45-2)10-11-33)26-8-4-3-5-9-26/h3-5,8-9,15-16,18,21H,6-7,10-14,19-20,22H2,1-2H3,(H,35,37,44). The van der Waals surface area contributed by atoms with E-state index in [0.29, 0.717) is 67.3 Å². The number of nitriles is 1. The van der Waals surface area contributed by atoms with Crippen LogP contribution in [-0.2, 0) is 17.8 Å². The molecule has 0 bridgehead atoms. The van der Waals surface area contributed by atoms with Crippen molar-refractivity contribution in [2.75, 3.05) is 61.1 Å². The summed E-state index contributed by atoms with van der Waals surface area (Å²) in [5.41, 5.74) is 3.82. The van der Waals surface area contributed by atoms with E-state index >= 15 is 0 Å². The lowest BCUT2D eigenvalue weighted by Crippen LogP contribution is -2.48. The SMILES string of the molecule is CSC1(CN(c2ccccc2)c2cc(NC(=O)N3CCCc4cc(CN5CCN(C)CC5=O)c(C=O)nc43)ncc2C#N)CC1. The fourth-order valence-electron chi connectivity index (χ4n) is 5.96. The number of para-hydroxylation sites is 1. The van der Waals surface area contributed by atoms with Gasteiger partial charge in [-0.3, -0.25) is 24.7 Å². The van der Waals surface area contributed by atoms with Crippen molar-refractivity contribution in [1.29, 1.82) is 5.26 Å². The number of aldehydes is 1. The van der Waals surface area contributed by atoms with Crippen LogP contribution in [0.5, 0.6) is 0 Å². The van der Waals surface area contributed by atoms with Crippen LogP contribution in [0, 0.1) is 11.3 Å². The molecule has 45 heavy (non-hydrogen) atoms. The van der Waals surface area contributed by atoms with Gasteiger partial charge in [0.2, 0.25) is 5.91 Å². The number of piperazine rings is 1. The van der Waals surface area contributed by atoms with E-state index in [1.54, 1.807) is 11.0 Å². The van der Waals surface area contributed by atoms with Gasteiger partial charge >= 0.3 is 6.03 Å². The lowest BCUT2D eigenvalue weighted by Gasteiger charge is -2.33. The monoisotopic (exact) mass is 624 g/mol. The Hall–Kier alpha value is -4.47. The molecule has 2 fully saturated rings. The van der Waals surface area contributed by atoms with Gasteiger partial charge in [0.25, 0.3) is 0 Å². The number of amides is 3. The van der Waals surface area contributed by atoms with Crippen molar-refractivity contribution in [3.63, 3.8) is 0 Å². The number of nitrogens with zero attached hydrogens (tertiary/aromatic N) is 7. The Morgan fingerprint density at radius 2 is 2.00 bits per heavy atom. The van der Waals surface area contributed by atoms with Gasteiger partial charge in [-0.15, -0.1) is 0 Å². The molecule has 3 aromatic rings. The maximum absolute atomic E-state index is 13.7. The number of aryl methyl sites for hydroxylation is 1. The van der Waals surface area contributed by atoms with Crippen molar-refractivity contribution < 1.29 is 14.4 Å². The summed E-state index contributed by atoms with van der Waals surface area (Å²) in [6, 6.07) is 15.5. The predicted molar refractivity (Wildman–Crippen MR) is 175 cm³/mol. The second-order valence-electron chi connectivity index (χ2n) is 11.9. The molecule has 2 aromatic heterocycles. The zero-order valence-corrected chi connectivity index (χ0v) is 26.3. The van der Waals surface area contributed by atoms with Crippen LogP contribution in [0.1, 0.15) is 46.4 Å². The molecule has 0 atom stereocenters. The van der Waals surface area contributed by atoms with Gasteiger partial charge in [0, 0.05) is 61.0 Å². The number of urea groups is 1. The van der Waals surface area contributed by atoms with E-state index in [4.69, 9.17) is 0 Å². The summed E-state index contributed by atoms with van der Waals surface area (Å²) >= 11 is 1.84. The van der Waals surface area contributed by atoms with Gasteiger partial charge in [0.05, 0.1) is 17.8 Å². The maximum atomic E-state index is 13.7. The number of thioether (sulfide) groups is 1. The van der Waals surface area contributed by atoms with Crippen molar-refractivity contribution in [2.45, 2.75) is 37.0 Å². The highest BCUT2D eigenvalue weighted by molar-refractivity contribution is 8.00. The average molecular weight is 625 g/mol. The number of hydrogen-bond acceptors (Lipinski definition) is 9. The molecule has 1 aromatic carbocycles. The highest BCUT2D eigenvalue weighted by atomic mass is 32.2. The first-order valence-electron chi connectivity index (χ1n) is 15.1. The van der Waals surface area contributed by atoms with E-state index in [0.717, 1.165) is 43.6 Å². The van der Waals surface area contributed by atoms with E-state index in [-0.39, 0.29) is 16.3 Å². The summed E-state index contributed by atoms with van der Waals surface area (Å²) in [6.07, 6.45) is 7.94. The van der Waals surface area contributed by atoms with Gasteiger partial charge in [-0.25, -0.2) is 14.8 Å². The third-order valence-corrected chi connectivity index (χ3v) is 10.2. The van der Waals surface area contributed by atoms with Crippen molar-refractivity contribution >= 4 is 53.0 Å². The van der Waals surface area contributed by atoms with Crippen LogP contribution in [0.3, 0.4) is 0 Å². The average Bonchev–Trinajstić information content (AvgIpc) is 3.84. The number of benzene rings is 1. The summed E-state index contributed by atoms with van der Waals surface area (Å²) in [5.74, 6) is 0.766. The number of carbonyl (C=O) groups excluding carboxylic acids is 3. The number of nitrogens with one attached hydrogen (secondary N) is 1. The zero-order chi connectivity index (χ0) is 31.6. The number of aromatic nitrogens is 2. The summed E-state index contributed by atoms with van der Waals surface area (Å²) in [5, 5.41) is 12.9. The summed E-state index contributed by atoms with van der Waals surface area (Å²) < 4.78 is 0.116.